The monoisotopic (exact) mass is 418 g/mol. The molecule has 1 aromatic heterocycles. The molecule has 0 amide bonds. The van der Waals surface area contributed by atoms with Crippen LogP contribution in [0.1, 0.15) is 11.6 Å². The van der Waals surface area contributed by atoms with Crippen molar-refractivity contribution in [1.29, 1.82) is 0 Å². The quantitative estimate of drug-likeness (QED) is 0.776. The van der Waals surface area contributed by atoms with Gasteiger partial charge in [0, 0.05) is 37.7 Å². The van der Waals surface area contributed by atoms with Gasteiger partial charge in [-0.1, -0.05) is 35.3 Å². The summed E-state index contributed by atoms with van der Waals surface area (Å²) in [4.78, 5) is 6.07. The molecule has 2 aromatic rings. The zero-order chi connectivity index (χ0) is 18.7. The van der Waals surface area contributed by atoms with Crippen LogP contribution < -0.4 is 4.72 Å². The molecular weight excluding hydrogens is 399 g/mol. The summed E-state index contributed by atoms with van der Waals surface area (Å²) in [5.41, 5.74) is 0.939. The topological polar surface area (TPSA) is 76.5 Å². The Morgan fingerprint density at radius 2 is 2.04 bits per heavy atom. The average Bonchev–Trinajstić information content (AvgIpc) is 2.96. The highest BCUT2D eigenvalue weighted by Gasteiger charge is 2.27. The number of ether oxygens (including phenoxy) is 1. The minimum absolute atomic E-state index is 0.0724. The zero-order valence-electron chi connectivity index (χ0n) is 14.2. The molecule has 2 heterocycles. The molecule has 1 aliphatic rings. The van der Waals surface area contributed by atoms with Crippen LogP contribution in [0, 0.1) is 0 Å². The van der Waals surface area contributed by atoms with Gasteiger partial charge in [0.1, 0.15) is 5.15 Å². The molecule has 7 nitrogen and oxygen atoms in total. The summed E-state index contributed by atoms with van der Waals surface area (Å²) in [7, 11) is -2.19. The summed E-state index contributed by atoms with van der Waals surface area (Å²) in [5, 5.41) is 0.507. The summed E-state index contributed by atoms with van der Waals surface area (Å²) in [5.74, 6) is 0. The van der Waals surface area contributed by atoms with E-state index in [0.717, 1.165) is 5.56 Å². The van der Waals surface area contributed by atoms with Crippen molar-refractivity contribution in [3.8, 4) is 0 Å². The van der Waals surface area contributed by atoms with E-state index in [1.165, 1.54) is 10.9 Å². The fraction of sp³-hybridized carbons (Fsp3) is 0.438. The lowest BCUT2D eigenvalue weighted by Crippen LogP contribution is -2.43. The van der Waals surface area contributed by atoms with Crippen molar-refractivity contribution in [2.45, 2.75) is 11.1 Å². The number of morpholine rings is 1. The lowest BCUT2D eigenvalue weighted by Gasteiger charge is -2.34. The number of hydrogen-bond acceptors (Lipinski definition) is 5. The van der Waals surface area contributed by atoms with Gasteiger partial charge in [-0.05, 0) is 17.7 Å². The van der Waals surface area contributed by atoms with Crippen molar-refractivity contribution in [3.63, 3.8) is 0 Å². The van der Waals surface area contributed by atoms with E-state index in [4.69, 9.17) is 27.9 Å². The second-order valence-electron chi connectivity index (χ2n) is 6.02. The van der Waals surface area contributed by atoms with E-state index >= 15 is 0 Å². The first kappa shape index (κ1) is 19.6. The minimum Gasteiger partial charge on any atom is -0.379 e. The number of rotatable bonds is 6. The number of aromatic nitrogens is 2. The lowest BCUT2D eigenvalue weighted by molar-refractivity contribution is 0.0172. The van der Waals surface area contributed by atoms with Gasteiger partial charge in [-0.25, -0.2) is 18.1 Å². The molecule has 0 radical (unpaired) electrons. The van der Waals surface area contributed by atoms with Crippen molar-refractivity contribution in [3.05, 3.63) is 46.3 Å². The first-order valence-corrected chi connectivity index (χ1v) is 10.4. The van der Waals surface area contributed by atoms with Crippen molar-refractivity contribution in [1.82, 2.24) is 19.2 Å². The number of nitrogens with zero attached hydrogens (tertiary/aromatic N) is 3. The van der Waals surface area contributed by atoms with Crippen LogP contribution in [0.4, 0.5) is 0 Å². The van der Waals surface area contributed by atoms with Gasteiger partial charge in [0.15, 0.2) is 0 Å². The normalized spacial score (nSPS) is 17.3. The van der Waals surface area contributed by atoms with Crippen molar-refractivity contribution < 1.29 is 13.2 Å². The number of imidazole rings is 1. The van der Waals surface area contributed by atoms with Gasteiger partial charge in [-0.15, -0.1) is 0 Å². The predicted molar refractivity (Wildman–Crippen MR) is 100.0 cm³/mol. The molecule has 1 atom stereocenters. The Morgan fingerprint density at radius 1 is 1.31 bits per heavy atom. The van der Waals surface area contributed by atoms with E-state index in [-0.39, 0.29) is 22.8 Å². The van der Waals surface area contributed by atoms with Crippen LogP contribution in [0.25, 0.3) is 0 Å². The minimum atomic E-state index is -3.83. The summed E-state index contributed by atoms with van der Waals surface area (Å²) in [6.45, 7) is 2.81. The van der Waals surface area contributed by atoms with Gasteiger partial charge in [-0.3, -0.25) is 4.90 Å². The van der Waals surface area contributed by atoms with E-state index < -0.39 is 10.0 Å². The van der Waals surface area contributed by atoms with Gasteiger partial charge < -0.3 is 9.30 Å². The SMILES string of the molecule is Cn1cnc(S(=O)(=O)NCC(c2cccc(Cl)c2)N2CCOCC2)c1Cl. The van der Waals surface area contributed by atoms with E-state index in [9.17, 15) is 8.42 Å². The maximum atomic E-state index is 12.6. The summed E-state index contributed by atoms with van der Waals surface area (Å²) in [6, 6.07) is 7.27. The van der Waals surface area contributed by atoms with E-state index in [1.807, 2.05) is 18.2 Å². The second-order valence-corrected chi connectivity index (χ2v) is 8.50. The molecule has 1 saturated heterocycles. The van der Waals surface area contributed by atoms with E-state index in [1.54, 1.807) is 13.1 Å². The summed E-state index contributed by atoms with van der Waals surface area (Å²) in [6.07, 6.45) is 1.37. The van der Waals surface area contributed by atoms with Crippen LogP contribution in [0.2, 0.25) is 10.2 Å². The third kappa shape index (κ3) is 4.39. The molecule has 1 N–H and O–H groups in total. The highest BCUT2D eigenvalue weighted by atomic mass is 35.5. The molecular formula is C16H20Cl2N4O3S. The molecule has 1 aromatic carbocycles. The summed E-state index contributed by atoms with van der Waals surface area (Å²) >= 11 is 12.2. The molecule has 1 aliphatic heterocycles. The number of aryl methyl sites for hydroxylation is 1. The van der Waals surface area contributed by atoms with E-state index in [2.05, 4.69) is 14.6 Å². The van der Waals surface area contributed by atoms with Gasteiger partial charge in [0.05, 0.1) is 19.5 Å². The zero-order valence-corrected chi connectivity index (χ0v) is 16.6. The number of sulfonamides is 1. The standard InChI is InChI=1S/C16H20Cl2N4O3S/c1-21-11-19-16(15(21)18)26(23,24)20-10-14(22-5-7-25-8-6-22)12-3-2-4-13(17)9-12/h2-4,9,11,14,20H,5-8,10H2,1H3. The largest absolute Gasteiger partial charge is 0.379 e. The number of benzene rings is 1. The molecule has 1 fully saturated rings. The Bertz CT molecular complexity index is 866. The van der Waals surface area contributed by atoms with Crippen LogP contribution in [-0.4, -0.2) is 55.7 Å². The van der Waals surface area contributed by atoms with Crippen LogP contribution in [0.3, 0.4) is 0 Å². The first-order chi connectivity index (χ1) is 12.4. The molecule has 0 spiro atoms. The number of hydrogen-bond donors (Lipinski definition) is 1. The molecule has 1 unspecified atom stereocenters. The van der Waals surface area contributed by atoms with Crippen LogP contribution in [-0.2, 0) is 21.8 Å². The summed E-state index contributed by atoms with van der Waals surface area (Å²) < 4.78 is 34.7. The molecule has 0 saturated carbocycles. The maximum absolute atomic E-state index is 12.6. The Morgan fingerprint density at radius 3 is 2.65 bits per heavy atom. The van der Waals surface area contributed by atoms with Crippen LogP contribution in [0.5, 0.6) is 0 Å². The predicted octanol–water partition coefficient (Wildman–Crippen LogP) is 2.08. The fourth-order valence-corrected chi connectivity index (χ4v) is 4.55. The molecule has 26 heavy (non-hydrogen) atoms. The van der Waals surface area contributed by atoms with Gasteiger partial charge in [0.2, 0.25) is 5.03 Å². The Hall–Kier alpha value is -1.16. The molecule has 0 bridgehead atoms. The van der Waals surface area contributed by atoms with Crippen molar-refractivity contribution in [2.24, 2.45) is 7.05 Å². The lowest BCUT2D eigenvalue weighted by atomic mass is 10.1. The van der Waals surface area contributed by atoms with Crippen molar-refractivity contribution in [2.75, 3.05) is 32.8 Å². The Labute approximate surface area is 162 Å². The third-order valence-electron chi connectivity index (χ3n) is 4.28. The second kappa shape index (κ2) is 8.24. The fourth-order valence-electron chi connectivity index (χ4n) is 2.89. The third-order valence-corrected chi connectivity index (χ3v) is 6.42. The first-order valence-electron chi connectivity index (χ1n) is 8.12. The number of nitrogens with one attached hydrogen (secondary N) is 1. The van der Waals surface area contributed by atoms with Crippen LogP contribution in [0.15, 0.2) is 35.6 Å². The molecule has 142 valence electrons. The average molecular weight is 419 g/mol. The highest BCUT2D eigenvalue weighted by Crippen LogP contribution is 2.25. The maximum Gasteiger partial charge on any atom is 0.261 e. The van der Waals surface area contributed by atoms with Crippen LogP contribution >= 0.6 is 23.2 Å². The smallest absolute Gasteiger partial charge is 0.261 e. The van der Waals surface area contributed by atoms with Gasteiger partial charge in [0.25, 0.3) is 10.0 Å². The molecule has 10 heteroatoms. The number of halogens is 2. The van der Waals surface area contributed by atoms with Gasteiger partial charge in [-0.2, -0.15) is 0 Å². The van der Waals surface area contributed by atoms with Crippen molar-refractivity contribution >= 4 is 33.2 Å². The molecule has 0 aliphatic carbocycles. The molecule has 3 rings (SSSR count). The Kier molecular flexibility index (Phi) is 6.21. The van der Waals surface area contributed by atoms with Gasteiger partial charge >= 0.3 is 0 Å². The van der Waals surface area contributed by atoms with E-state index in [0.29, 0.717) is 31.3 Å². The Balaban J connectivity index is 1.82. The highest BCUT2D eigenvalue weighted by molar-refractivity contribution is 7.89.